The van der Waals surface area contributed by atoms with Crippen LogP contribution in [0.25, 0.3) is 11.1 Å². The molecule has 1 amide bonds. The molecule has 1 N–H and O–H groups in total. The molecule has 0 atom stereocenters. The number of likely N-dealkylation sites (N-methyl/N-ethyl adjacent to an activating group) is 1. The Morgan fingerprint density at radius 1 is 1.05 bits per heavy atom. The third kappa shape index (κ3) is 3.79. The minimum Gasteiger partial charge on any atom is -0.497 e. The van der Waals surface area contributed by atoms with Crippen LogP contribution in [-0.4, -0.2) is 26.7 Å². The molecule has 2 rings (SSSR count). The number of hydrogen-bond acceptors (Lipinski definition) is 3. The second-order valence-corrected chi connectivity index (χ2v) is 4.89. The van der Waals surface area contributed by atoms with E-state index in [1.807, 2.05) is 49.4 Å². The van der Waals surface area contributed by atoms with E-state index in [0.29, 0.717) is 13.0 Å². The van der Waals surface area contributed by atoms with Gasteiger partial charge in [-0.3, -0.25) is 4.79 Å². The van der Waals surface area contributed by atoms with Crippen molar-refractivity contribution in [2.24, 2.45) is 0 Å². The van der Waals surface area contributed by atoms with Crippen molar-refractivity contribution >= 4 is 5.91 Å². The molecule has 0 radical (unpaired) electrons. The molecule has 0 aromatic heterocycles. The number of ether oxygens (including phenoxy) is 2. The first-order valence-electron chi connectivity index (χ1n) is 7.26. The Labute approximate surface area is 131 Å². The lowest BCUT2D eigenvalue weighted by Crippen LogP contribution is -2.24. The van der Waals surface area contributed by atoms with Gasteiger partial charge in [-0.1, -0.05) is 24.3 Å². The summed E-state index contributed by atoms with van der Waals surface area (Å²) in [4.78, 5) is 11.6. The molecule has 2 aromatic rings. The van der Waals surface area contributed by atoms with Gasteiger partial charge in [0, 0.05) is 12.1 Å². The van der Waals surface area contributed by atoms with Gasteiger partial charge < -0.3 is 14.8 Å². The maximum absolute atomic E-state index is 11.6. The third-order valence-corrected chi connectivity index (χ3v) is 3.41. The second kappa shape index (κ2) is 7.50. The number of benzene rings is 2. The van der Waals surface area contributed by atoms with Crippen LogP contribution in [0.5, 0.6) is 11.5 Å². The van der Waals surface area contributed by atoms with Crippen LogP contribution in [0.2, 0.25) is 0 Å². The number of rotatable bonds is 6. The number of amides is 1. The quantitative estimate of drug-likeness (QED) is 0.892. The summed E-state index contributed by atoms with van der Waals surface area (Å²) in [6.45, 7) is 2.56. The zero-order valence-electron chi connectivity index (χ0n) is 13.2. The van der Waals surface area contributed by atoms with Gasteiger partial charge in [0.15, 0.2) is 0 Å². The Balaban J connectivity index is 2.25. The molecule has 0 aliphatic carbocycles. The minimum absolute atomic E-state index is 0.0363. The standard InChI is InChI=1S/C18H21NO3/c1-4-19-18(20)11-13-5-7-14(8-6-13)16-12-15(21-2)9-10-17(16)22-3/h5-10,12H,4,11H2,1-3H3,(H,19,20). The van der Waals surface area contributed by atoms with Gasteiger partial charge in [0.2, 0.25) is 5.91 Å². The Morgan fingerprint density at radius 2 is 1.77 bits per heavy atom. The van der Waals surface area contributed by atoms with Gasteiger partial charge in [-0.2, -0.15) is 0 Å². The Hall–Kier alpha value is -2.49. The van der Waals surface area contributed by atoms with Gasteiger partial charge in [-0.15, -0.1) is 0 Å². The van der Waals surface area contributed by atoms with Crippen LogP contribution in [-0.2, 0) is 11.2 Å². The van der Waals surface area contributed by atoms with E-state index in [0.717, 1.165) is 28.2 Å². The average molecular weight is 299 g/mol. The molecular formula is C18H21NO3. The zero-order valence-corrected chi connectivity index (χ0v) is 13.2. The van der Waals surface area contributed by atoms with Gasteiger partial charge in [-0.25, -0.2) is 0 Å². The molecule has 0 heterocycles. The highest BCUT2D eigenvalue weighted by atomic mass is 16.5. The number of carbonyl (C=O) groups excluding carboxylic acids is 1. The van der Waals surface area contributed by atoms with Crippen molar-refractivity contribution in [3.63, 3.8) is 0 Å². The van der Waals surface area contributed by atoms with Gasteiger partial charge in [0.25, 0.3) is 0 Å². The van der Waals surface area contributed by atoms with Gasteiger partial charge >= 0.3 is 0 Å². The van der Waals surface area contributed by atoms with Crippen molar-refractivity contribution in [3.05, 3.63) is 48.0 Å². The van der Waals surface area contributed by atoms with Crippen LogP contribution in [0, 0.1) is 0 Å². The van der Waals surface area contributed by atoms with Crippen LogP contribution in [0.1, 0.15) is 12.5 Å². The monoisotopic (exact) mass is 299 g/mol. The highest BCUT2D eigenvalue weighted by molar-refractivity contribution is 5.79. The summed E-state index contributed by atoms with van der Waals surface area (Å²) in [5.74, 6) is 1.61. The van der Waals surface area contributed by atoms with Crippen molar-refractivity contribution in [3.8, 4) is 22.6 Å². The summed E-state index contributed by atoms with van der Waals surface area (Å²) in [5, 5.41) is 2.80. The van der Waals surface area contributed by atoms with Crippen LogP contribution in [0.15, 0.2) is 42.5 Å². The van der Waals surface area contributed by atoms with Crippen LogP contribution in [0.4, 0.5) is 0 Å². The van der Waals surface area contributed by atoms with Crippen LogP contribution < -0.4 is 14.8 Å². The highest BCUT2D eigenvalue weighted by Gasteiger charge is 2.08. The molecule has 22 heavy (non-hydrogen) atoms. The molecule has 0 aliphatic heterocycles. The fraction of sp³-hybridized carbons (Fsp3) is 0.278. The number of carbonyl (C=O) groups is 1. The van der Waals surface area contributed by atoms with E-state index < -0.39 is 0 Å². The summed E-state index contributed by atoms with van der Waals surface area (Å²) in [7, 11) is 3.29. The Kier molecular flexibility index (Phi) is 5.42. The lowest BCUT2D eigenvalue weighted by Gasteiger charge is -2.11. The van der Waals surface area contributed by atoms with E-state index >= 15 is 0 Å². The first kappa shape index (κ1) is 15.9. The van der Waals surface area contributed by atoms with Crippen molar-refractivity contribution in [1.82, 2.24) is 5.32 Å². The maximum Gasteiger partial charge on any atom is 0.224 e. The predicted octanol–water partition coefficient (Wildman–Crippen LogP) is 3.05. The Bertz CT molecular complexity index is 635. The summed E-state index contributed by atoms with van der Waals surface area (Å²) in [6.07, 6.45) is 0.392. The molecule has 0 bridgehead atoms. The molecule has 0 spiro atoms. The zero-order chi connectivity index (χ0) is 15.9. The molecule has 4 heteroatoms. The van der Waals surface area contributed by atoms with Crippen molar-refractivity contribution in [1.29, 1.82) is 0 Å². The fourth-order valence-electron chi connectivity index (χ4n) is 2.29. The smallest absolute Gasteiger partial charge is 0.224 e. The van der Waals surface area contributed by atoms with E-state index in [9.17, 15) is 4.79 Å². The van der Waals surface area contributed by atoms with Gasteiger partial charge in [0.05, 0.1) is 20.6 Å². The predicted molar refractivity (Wildman–Crippen MR) is 87.4 cm³/mol. The van der Waals surface area contributed by atoms with Crippen molar-refractivity contribution < 1.29 is 14.3 Å². The van der Waals surface area contributed by atoms with E-state index in [4.69, 9.17) is 9.47 Å². The summed E-state index contributed by atoms with van der Waals surface area (Å²) >= 11 is 0. The van der Waals surface area contributed by atoms with Crippen LogP contribution in [0.3, 0.4) is 0 Å². The summed E-state index contributed by atoms with van der Waals surface area (Å²) in [5.41, 5.74) is 2.97. The molecule has 116 valence electrons. The van der Waals surface area contributed by atoms with E-state index in [1.54, 1.807) is 14.2 Å². The van der Waals surface area contributed by atoms with E-state index in [1.165, 1.54) is 0 Å². The normalized spacial score (nSPS) is 10.1. The highest BCUT2D eigenvalue weighted by Crippen LogP contribution is 2.33. The van der Waals surface area contributed by atoms with Gasteiger partial charge in [0.1, 0.15) is 11.5 Å². The second-order valence-electron chi connectivity index (χ2n) is 4.89. The number of hydrogen-bond donors (Lipinski definition) is 1. The van der Waals surface area contributed by atoms with Crippen LogP contribution >= 0.6 is 0 Å². The first-order valence-corrected chi connectivity index (χ1v) is 7.26. The summed E-state index contributed by atoms with van der Waals surface area (Å²) in [6, 6.07) is 13.6. The Morgan fingerprint density at radius 3 is 2.36 bits per heavy atom. The molecule has 0 fully saturated rings. The molecular weight excluding hydrogens is 278 g/mol. The topological polar surface area (TPSA) is 47.6 Å². The van der Waals surface area contributed by atoms with E-state index in [2.05, 4.69) is 5.32 Å². The number of methoxy groups -OCH3 is 2. The average Bonchev–Trinajstić information content (AvgIpc) is 2.55. The third-order valence-electron chi connectivity index (χ3n) is 3.41. The lowest BCUT2D eigenvalue weighted by molar-refractivity contribution is -0.120. The number of nitrogens with one attached hydrogen (secondary N) is 1. The van der Waals surface area contributed by atoms with Crippen molar-refractivity contribution in [2.75, 3.05) is 20.8 Å². The lowest BCUT2D eigenvalue weighted by atomic mass is 10.0. The maximum atomic E-state index is 11.6. The van der Waals surface area contributed by atoms with Crippen molar-refractivity contribution in [2.45, 2.75) is 13.3 Å². The largest absolute Gasteiger partial charge is 0.497 e. The molecule has 0 saturated heterocycles. The molecule has 0 unspecified atom stereocenters. The summed E-state index contributed by atoms with van der Waals surface area (Å²) < 4.78 is 10.7. The van der Waals surface area contributed by atoms with Gasteiger partial charge in [-0.05, 0) is 36.2 Å². The fourth-order valence-corrected chi connectivity index (χ4v) is 2.29. The van der Waals surface area contributed by atoms with E-state index in [-0.39, 0.29) is 5.91 Å². The first-order chi connectivity index (χ1) is 10.7. The molecule has 4 nitrogen and oxygen atoms in total. The molecule has 0 saturated carbocycles. The SMILES string of the molecule is CCNC(=O)Cc1ccc(-c2cc(OC)ccc2OC)cc1. The minimum atomic E-state index is 0.0363. The molecule has 2 aromatic carbocycles. The molecule has 0 aliphatic rings.